The van der Waals surface area contributed by atoms with Crippen molar-refractivity contribution in [3.63, 3.8) is 0 Å². The number of nitrogens with zero attached hydrogens (tertiary/aromatic N) is 2. The minimum atomic E-state index is -0.702. The van der Waals surface area contributed by atoms with Gasteiger partial charge in [0.1, 0.15) is 6.61 Å². The predicted octanol–water partition coefficient (Wildman–Crippen LogP) is 1.58. The molecule has 2 aliphatic heterocycles. The number of halogens is 1. The predicted molar refractivity (Wildman–Crippen MR) is 113 cm³/mol. The number of para-hydroxylation sites is 2. The van der Waals surface area contributed by atoms with E-state index in [0.29, 0.717) is 48.3 Å². The van der Waals surface area contributed by atoms with Crippen LogP contribution in [0.15, 0.2) is 48.5 Å². The van der Waals surface area contributed by atoms with Crippen molar-refractivity contribution in [2.24, 2.45) is 0 Å². The van der Waals surface area contributed by atoms with E-state index in [9.17, 15) is 14.4 Å². The van der Waals surface area contributed by atoms with E-state index in [4.69, 9.17) is 21.1 Å². The lowest BCUT2D eigenvalue weighted by molar-refractivity contribution is -0.146. The van der Waals surface area contributed by atoms with Gasteiger partial charge in [0, 0.05) is 26.2 Å². The number of hydrogen-bond donors (Lipinski definition) is 1. The lowest BCUT2D eigenvalue weighted by Crippen LogP contribution is -2.56. The smallest absolute Gasteiger partial charge is 0.267 e. The van der Waals surface area contributed by atoms with Crippen molar-refractivity contribution in [2.45, 2.75) is 6.10 Å². The summed E-state index contributed by atoms with van der Waals surface area (Å²) in [6.45, 7) is 1.58. The van der Waals surface area contributed by atoms with E-state index < -0.39 is 12.0 Å². The molecule has 0 aromatic heterocycles. The maximum atomic E-state index is 12.8. The Kier molecular flexibility index (Phi) is 6.27. The van der Waals surface area contributed by atoms with E-state index in [0.717, 1.165) is 0 Å². The van der Waals surface area contributed by atoms with Crippen LogP contribution in [-0.4, -0.2) is 73.0 Å². The van der Waals surface area contributed by atoms with Gasteiger partial charge in [0.15, 0.2) is 11.5 Å². The number of ether oxygens (including phenoxy) is 2. The Labute approximate surface area is 184 Å². The highest BCUT2D eigenvalue weighted by Gasteiger charge is 2.33. The standard InChI is InChI=1S/C22H22ClN3O5/c23-16-6-2-1-5-15(16)21(28)24-13-20(27)25-9-11-26(12-10-25)22(29)19-14-30-17-7-3-4-8-18(17)31-19/h1-8,19H,9-14H2,(H,24,28). The van der Waals surface area contributed by atoms with Crippen molar-refractivity contribution in [1.82, 2.24) is 15.1 Å². The molecule has 2 aromatic carbocycles. The van der Waals surface area contributed by atoms with Crippen molar-refractivity contribution >= 4 is 29.3 Å². The number of nitrogens with one attached hydrogen (secondary N) is 1. The zero-order valence-electron chi connectivity index (χ0n) is 16.8. The molecule has 3 amide bonds. The van der Waals surface area contributed by atoms with E-state index in [1.54, 1.807) is 46.2 Å². The Hall–Kier alpha value is -3.26. The molecular formula is C22H22ClN3O5. The number of fused-ring (bicyclic) bond motifs is 1. The Morgan fingerprint density at radius 3 is 2.32 bits per heavy atom. The van der Waals surface area contributed by atoms with Crippen molar-refractivity contribution < 1.29 is 23.9 Å². The van der Waals surface area contributed by atoms with Crippen molar-refractivity contribution in [3.8, 4) is 11.5 Å². The van der Waals surface area contributed by atoms with Gasteiger partial charge in [-0.2, -0.15) is 0 Å². The molecule has 1 N–H and O–H groups in total. The third kappa shape index (κ3) is 4.74. The number of carbonyl (C=O) groups excluding carboxylic acids is 3. The van der Waals surface area contributed by atoms with Crippen LogP contribution in [0.1, 0.15) is 10.4 Å². The summed E-state index contributed by atoms with van der Waals surface area (Å²) in [5.41, 5.74) is 0.323. The van der Waals surface area contributed by atoms with Gasteiger partial charge >= 0.3 is 0 Å². The van der Waals surface area contributed by atoms with Crippen molar-refractivity contribution in [1.29, 1.82) is 0 Å². The summed E-state index contributed by atoms with van der Waals surface area (Å²) in [7, 11) is 0. The Morgan fingerprint density at radius 2 is 1.58 bits per heavy atom. The Balaban J connectivity index is 1.25. The third-order valence-corrected chi connectivity index (χ3v) is 5.58. The van der Waals surface area contributed by atoms with Crippen molar-refractivity contribution in [2.75, 3.05) is 39.3 Å². The molecule has 1 atom stereocenters. The molecule has 162 valence electrons. The Morgan fingerprint density at radius 1 is 0.935 bits per heavy atom. The normalized spacial score (nSPS) is 17.8. The largest absolute Gasteiger partial charge is 0.485 e. The monoisotopic (exact) mass is 443 g/mol. The van der Waals surface area contributed by atoms with E-state index in [1.165, 1.54) is 0 Å². The van der Waals surface area contributed by atoms with Gasteiger partial charge in [-0.25, -0.2) is 0 Å². The van der Waals surface area contributed by atoms with E-state index in [1.807, 2.05) is 12.1 Å². The molecule has 2 heterocycles. The van der Waals surface area contributed by atoms with E-state index in [2.05, 4.69) is 5.32 Å². The lowest BCUT2D eigenvalue weighted by atomic mass is 10.2. The molecule has 0 aliphatic carbocycles. The van der Waals surface area contributed by atoms with Crippen LogP contribution >= 0.6 is 11.6 Å². The van der Waals surface area contributed by atoms with Crippen LogP contribution in [0.5, 0.6) is 11.5 Å². The highest BCUT2D eigenvalue weighted by Crippen LogP contribution is 2.31. The molecule has 4 rings (SSSR count). The average Bonchev–Trinajstić information content (AvgIpc) is 2.82. The minimum Gasteiger partial charge on any atom is -0.485 e. The second kappa shape index (κ2) is 9.26. The van der Waals surface area contributed by atoms with E-state index in [-0.39, 0.29) is 25.0 Å². The summed E-state index contributed by atoms with van der Waals surface area (Å²) in [4.78, 5) is 40.8. The van der Waals surface area contributed by atoms with Gasteiger partial charge in [0.05, 0.1) is 17.1 Å². The summed E-state index contributed by atoms with van der Waals surface area (Å²) >= 11 is 6.01. The molecule has 1 unspecified atom stereocenters. The SMILES string of the molecule is O=C(NCC(=O)N1CCN(C(=O)C2COc3ccccc3O2)CC1)c1ccccc1Cl. The zero-order valence-corrected chi connectivity index (χ0v) is 17.5. The minimum absolute atomic E-state index is 0.131. The molecule has 1 fully saturated rings. The first-order valence-electron chi connectivity index (χ1n) is 10.0. The van der Waals surface area contributed by atoms with Gasteiger partial charge in [0.2, 0.25) is 12.0 Å². The van der Waals surface area contributed by atoms with Crippen LogP contribution in [0, 0.1) is 0 Å². The van der Waals surface area contributed by atoms with Crippen LogP contribution in [0.2, 0.25) is 5.02 Å². The molecule has 0 radical (unpaired) electrons. The second-order valence-corrected chi connectivity index (χ2v) is 7.64. The maximum Gasteiger partial charge on any atom is 0.267 e. The summed E-state index contributed by atoms with van der Waals surface area (Å²) in [6.07, 6.45) is -0.702. The van der Waals surface area contributed by atoms with Crippen LogP contribution in [0.3, 0.4) is 0 Å². The van der Waals surface area contributed by atoms with Gasteiger partial charge < -0.3 is 24.6 Å². The highest BCUT2D eigenvalue weighted by atomic mass is 35.5. The van der Waals surface area contributed by atoms with Crippen LogP contribution in [-0.2, 0) is 9.59 Å². The molecule has 9 heteroatoms. The van der Waals surface area contributed by atoms with E-state index >= 15 is 0 Å². The molecule has 1 saturated heterocycles. The maximum absolute atomic E-state index is 12.8. The molecule has 31 heavy (non-hydrogen) atoms. The van der Waals surface area contributed by atoms with Gasteiger partial charge in [-0.05, 0) is 24.3 Å². The molecule has 0 spiro atoms. The number of hydrogen-bond acceptors (Lipinski definition) is 5. The summed E-state index contributed by atoms with van der Waals surface area (Å²) in [5, 5.41) is 2.93. The van der Waals surface area contributed by atoms with Crippen LogP contribution < -0.4 is 14.8 Å². The number of carbonyl (C=O) groups is 3. The lowest BCUT2D eigenvalue weighted by Gasteiger charge is -2.37. The van der Waals surface area contributed by atoms with Gasteiger partial charge in [-0.3, -0.25) is 14.4 Å². The van der Waals surface area contributed by atoms with Crippen molar-refractivity contribution in [3.05, 3.63) is 59.1 Å². The fourth-order valence-electron chi connectivity index (χ4n) is 3.53. The average molecular weight is 444 g/mol. The third-order valence-electron chi connectivity index (χ3n) is 5.25. The van der Waals surface area contributed by atoms with Gasteiger partial charge in [-0.15, -0.1) is 0 Å². The number of benzene rings is 2. The first-order chi connectivity index (χ1) is 15.0. The quantitative estimate of drug-likeness (QED) is 0.775. The first-order valence-corrected chi connectivity index (χ1v) is 10.4. The van der Waals surface area contributed by atoms with Gasteiger partial charge in [-0.1, -0.05) is 35.9 Å². The first kappa shape index (κ1) is 21.0. The Bertz CT molecular complexity index is 991. The second-order valence-electron chi connectivity index (χ2n) is 7.23. The molecular weight excluding hydrogens is 422 g/mol. The topological polar surface area (TPSA) is 88.2 Å². The fraction of sp³-hybridized carbons (Fsp3) is 0.318. The molecule has 8 nitrogen and oxygen atoms in total. The fourth-order valence-corrected chi connectivity index (χ4v) is 3.75. The zero-order chi connectivity index (χ0) is 21.8. The summed E-state index contributed by atoms with van der Waals surface area (Å²) < 4.78 is 11.4. The number of piperazine rings is 1. The molecule has 0 saturated carbocycles. The van der Waals surface area contributed by atoms with Gasteiger partial charge in [0.25, 0.3) is 11.8 Å². The summed E-state index contributed by atoms with van der Waals surface area (Å²) in [5.74, 6) is 0.408. The summed E-state index contributed by atoms with van der Waals surface area (Å²) in [6, 6.07) is 13.9. The molecule has 2 aliphatic rings. The highest BCUT2D eigenvalue weighted by molar-refractivity contribution is 6.33. The molecule has 2 aromatic rings. The van der Waals surface area contributed by atoms with Crippen LogP contribution in [0.25, 0.3) is 0 Å². The number of amides is 3. The van der Waals surface area contributed by atoms with Crippen LogP contribution in [0.4, 0.5) is 0 Å². The molecule has 0 bridgehead atoms. The number of rotatable bonds is 4.